The minimum Gasteiger partial charge on any atom is -0.468 e. The van der Waals surface area contributed by atoms with Gasteiger partial charge >= 0.3 is 0 Å². The molecule has 0 radical (unpaired) electrons. The van der Waals surface area contributed by atoms with Crippen molar-refractivity contribution in [3.63, 3.8) is 0 Å². The molecule has 3 aromatic rings. The Hall–Kier alpha value is -1.90. The van der Waals surface area contributed by atoms with Gasteiger partial charge in [-0.2, -0.15) is 5.10 Å². The highest BCUT2D eigenvalue weighted by Crippen LogP contribution is 2.29. The van der Waals surface area contributed by atoms with Gasteiger partial charge in [0.05, 0.1) is 17.7 Å². The summed E-state index contributed by atoms with van der Waals surface area (Å²) in [6.45, 7) is 0.105. The van der Waals surface area contributed by atoms with Gasteiger partial charge in [0.1, 0.15) is 16.3 Å². The molecule has 6 nitrogen and oxygen atoms in total. The number of furan rings is 1. The van der Waals surface area contributed by atoms with Gasteiger partial charge in [-0.15, -0.1) is 11.3 Å². The van der Waals surface area contributed by atoms with Gasteiger partial charge in [-0.25, -0.2) is 13.1 Å². The Balaban J connectivity index is 1.92. The number of hydrogen-bond donors (Lipinski definition) is 1. The van der Waals surface area contributed by atoms with Crippen molar-refractivity contribution in [3.05, 3.63) is 47.9 Å². The molecular weight excluding hydrogens is 310 g/mol. The molecule has 3 heterocycles. The molecule has 0 spiro atoms. The molecule has 0 saturated carbocycles. The lowest BCUT2D eigenvalue weighted by atomic mass is 10.3. The van der Waals surface area contributed by atoms with E-state index in [0.717, 1.165) is 4.88 Å². The van der Waals surface area contributed by atoms with Gasteiger partial charge in [-0.3, -0.25) is 4.68 Å². The first-order chi connectivity index (χ1) is 10.1. The molecule has 3 rings (SSSR count). The zero-order valence-electron chi connectivity index (χ0n) is 11.2. The molecule has 21 heavy (non-hydrogen) atoms. The molecule has 0 amide bonds. The second-order valence-corrected chi connectivity index (χ2v) is 7.08. The van der Waals surface area contributed by atoms with E-state index in [2.05, 4.69) is 9.82 Å². The normalized spacial score (nSPS) is 11.9. The van der Waals surface area contributed by atoms with Gasteiger partial charge in [0.25, 0.3) is 0 Å². The summed E-state index contributed by atoms with van der Waals surface area (Å²) in [5.74, 6) is 0.556. The molecule has 0 bridgehead atoms. The maximum Gasteiger partial charge on any atom is 0.244 e. The zero-order valence-corrected chi connectivity index (χ0v) is 12.8. The zero-order chi connectivity index (χ0) is 14.9. The highest BCUT2D eigenvalue weighted by Gasteiger charge is 2.23. The van der Waals surface area contributed by atoms with E-state index < -0.39 is 10.0 Å². The quantitative estimate of drug-likeness (QED) is 0.781. The Morgan fingerprint density at radius 2 is 2.24 bits per heavy atom. The second kappa shape index (κ2) is 5.47. The van der Waals surface area contributed by atoms with Crippen molar-refractivity contribution >= 4 is 21.4 Å². The molecular formula is C13H13N3O3S2. The van der Waals surface area contributed by atoms with Gasteiger partial charge in [0.15, 0.2) is 0 Å². The highest BCUT2D eigenvalue weighted by atomic mass is 32.2. The van der Waals surface area contributed by atoms with Gasteiger partial charge in [0, 0.05) is 13.2 Å². The predicted octanol–water partition coefficient (Wildman–Crippen LogP) is 2.22. The first-order valence-corrected chi connectivity index (χ1v) is 8.52. The number of thiophene rings is 1. The summed E-state index contributed by atoms with van der Waals surface area (Å²) in [4.78, 5) is 0.980. The summed E-state index contributed by atoms with van der Waals surface area (Å²) in [6.07, 6.45) is 3.00. The first-order valence-electron chi connectivity index (χ1n) is 6.16. The van der Waals surface area contributed by atoms with Gasteiger partial charge < -0.3 is 4.42 Å². The van der Waals surface area contributed by atoms with Gasteiger partial charge in [-0.1, -0.05) is 6.07 Å². The third-order valence-corrected chi connectivity index (χ3v) is 5.13. The van der Waals surface area contributed by atoms with Crippen LogP contribution in [0.3, 0.4) is 0 Å². The van der Waals surface area contributed by atoms with E-state index in [9.17, 15) is 8.42 Å². The van der Waals surface area contributed by atoms with Crippen molar-refractivity contribution in [2.45, 2.75) is 11.4 Å². The van der Waals surface area contributed by atoms with E-state index in [-0.39, 0.29) is 11.4 Å². The number of aryl methyl sites for hydroxylation is 1. The Kier molecular flexibility index (Phi) is 3.66. The largest absolute Gasteiger partial charge is 0.468 e. The van der Waals surface area contributed by atoms with Crippen LogP contribution in [0.5, 0.6) is 0 Å². The van der Waals surface area contributed by atoms with Crippen molar-refractivity contribution in [1.82, 2.24) is 14.5 Å². The third-order valence-electron chi connectivity index (χ3n) is 2.86. The van der Waals surface area contributed by atoms with Crippen molar-refractivity contribution in [1.29, 1.82) is 0 Å². The summed E-state index contributed by atoms with van der Waals surface area (Å²) in [5.41, 5.74) is 0.458. The Morgan fingerprint density at radius 3 is 2.90 bits per heavy atom. The first kappa shape index (κ1) is 14.1. The highest BCUT2D eigenvalue weighted by molar-refractivity contribution is 7.89. The SMILES string of the molecule is Cn1cc(S(=O)(=O)NCc2ccco2)c(-c2cccs2)n1. The maximum absolute atomic E-state index is 12.5. The Morgan fingerprint density at radius 1 is 1.38 bits per heavy atom. The van der Waals surface area contributed by atoms with E-state index in [1.54, 1.807) is 19.2 Å². The fraction of sp³-hybridized carbons (Fsp3) is 0.154. The smallest absolute Gasteiger partial charge is 0.244 e. The molecule has 3 aromatic heterocycles. The number of aromatic nitrogens is 2. The van der Waals surface area contributed by atoms with Crippen molar-refractivity contribution < 1.29 is 12.8 Å². The molecule has 0 fully saturated rings. The minimum atomic E-state index is -3.66. The van der Waals surface area contributed by atoms with Crippen LogP contribution in [0.4, 0.5) is 0 Å². The third kappa shape index (κ3) is 2.92. The molecule has 0 saturated heterocycles. The van der Waals surface area contributed by atoms with Crippen LogP contribution in [0.15, 0.2) is 51.4 Å². The molecule has 110 valence electrons. The monoisotopic (exact) mass is 323 g/mol. The van der Waals surface area contributed by atoms with Crippen molar-refractivity contribution in [2.75, 3.05) is 0 Å². The lowest BCUT2D eigenvalue weighted by molar-refractivity contribution is 0.498. The van der Waals surface area contributed by atoms with E-state index in [1.807, 2.05) is 17.5 Å². The molecule has 0 aliphatic heterocycles. The molecule has 0 unspecified atom stereocenters. The Bertz CT molecular complexity index is 818. The lowest BCUT2D eigenvalue weighted by Gasteiger charge is -2.04. The van der Waals surface area contributed by atoms with Crippen LogP contribution in [0.25, 0.3) is 10.6 Å². The van der Waals surface area contributed by atoms with Crippen LogP contribution in [-0.4, -0.2) is 18.2 Å². The molecule has 0 aromatic carbocycles. The number of hydrogen-bond acceptors (Lipinski definition) is 5. The number of nitrogens with one attached hydrogen (secondary N) is 1. The molecule has 0 aliphatic carbocycles. The summed E-state index contributed by atoms with van der Waals surface area (Å²) < 4.78 is 34.1. The molecule has 1 N–H and O–H groups in total. The van der Waals surface area contributed by atoms with E-state index in [0.29, 0.717) is 11.5 Å². The van der Waals surface area contributed by atoms with E-state index >= 15 is 0 Å². The summed E-state index contributed by atoms with van der Waals surface area (Å²) in [6, 6.07) is 7.14. The lowest BCUT2D eigenvalue weighted by Crippen LogP contribution is -2.23. The fourth-order valence-corrected chi connectivity index (χ4v) is 3.88. The predicted molar refractivity (Wildman–Crippen MR) is 79.3 cm³/mol. The second-order valence-electron chi connectivity index (χ2n) is 4.40. The Labute approximate surface area is 126 Å². The molecule has 8 heteroatoms. The standard InChI is InChI=1S/C13H13N3O3S2/c1-16-9-12(13(15-16)11-5-3-7-20-11)21(17,18)14-8-10-4-2-6-19-10/h2-7,9,14H,8H2,1H3. The molecule has 0 aliphatic rings. The summed E-state index contributed by atoms with van der Waals surface area (Å²) in [7, 11) is -1.96. The van der Waals surface area contributed by atoms with Crippen LogP contribution in [0.2, 0.25) is 0 Å². The van der Waals surface area contributed by atoms with Crippen molar-refractivity contribution in [2.24, 2.45) is 7.05 Å². The average molecular weight is 323 g/mol. The molecule has 0 atom stereocenters. The van der Waals surface area contributed by atoms with Crippen LogP contribution in [-0.2, 0) is 23.6 Å². The summed E-state index contributed by atoms with van der Waals surface area (Å²) in [5, 5.41) is 6.13. The van der Waals surface area contributed by atoms with Crippen molar-refractivity contribution in [3.8, 4) is 10.6 Å². The average Bonchev–Trinajstić information content (AvgIpc) is 3.17. The van der Waals surface area contributed by atoms with Crippen LogP contribution >= 0.6 is 11.3 Å². The maximum atomic E-state index is 12.5. The van der Waals surface area contributed by atoms with Gasteiger partial charge in [-0.05, 0) is 23.6 Å². The van der Waals surface area contributed by atoms with Crippen LogP contribution in [0, 0.1) is 0 Å². The summed E-state index contributed by atoms with van der Waals surface area (Å²) >= 11 is 1.45. The van der Waals surface area contributed by atoms with Crippen LogP contribution < -0.4 is 4.72 Å². The number of nitrogens with zero attached hydrogens (tertiary/aromatic N) is 2. The van der Waals surface area contributed by atoms with Crippen LogP contribution in [0.1, 0.15) is 5.76 Å². The van der Waals surface area contributed by atoms with E-state index in [1.165, 1.54) is 28.5 Å². The number of rotatable bonds is 5. The fourth-order valence-electron chi connectivity index (χ4n) is 1.90. The topological polar surface area (TPSA) is 77.1 Å². The van der Waals surface area contributed by atoms with Gasteiger partial charge in [0.2, 0.25) is 10.0 Å². The number of sulfonamides is 1. The van der Waals surface area contributed by atoms with E-state index in [4.69, 9.17) is 4.42 Å². The minimum absolute atomic E-state index is 0.105.